The largest absolute Gasteiger partial charge is 0.330 e. The molecular formula is C9H18N4. The average Bonchev–Trinajstić information content (AvgIpc) is 2.52. The highest BCUT2D eigenvalue weighted by Crippen LogP contribution is 2.09. The van der Waals surface area contributed by atoms with Crippen molar-refractivity contribution in [1.29, 1.82) is 0 Å². The highest BCUT2D eigenvalue weighted by molar-refractivity contribution is 4.88. The minimum Gasteiger partial charge on any atom is -0.330 e. The average molecular weight is 182 g/mol. The first-order valence-corrected chi connectivity index (χ1v) is 4.73. The molecule has 0 saturated carbocycles. The predicted octanol–water partition coefficient (Wildman–Crippen LogP) is 0.996. The molecule has 0 bridgehead atoms. The van der Waals surface area contributed by atoms with E-state index in [1.807, 2.05) is 4.68 Å². The Morgan fingerprint density at radius 2 is 2.15 bits per heavy atom. The Hall–Kier alpha value is -0.900. The zero-order chi connectivity index (χ0) is 9.84. The fourth-order valence-corrected chi connectivity index (χ4v) is 1.25. The molecule has 1 rings (SSSR count). The van der Waals surface area contributed by atoms with Crippen LogP contribution in [0.15, 0.2) is 6.33 Å². The summed E-state index contributed by atoms with van der Waals surface area (Å²) in [6.07, 6.45) is 2.52. The molecule has 1 aromatic rings. The van der Waals surface area contributed by atoms with Crippen LogP contribution in [0, 0.1) is 5.92 Å². The molecular weight excluding hydrogens is 164 g/mol. The number of rotatable bonds is 4. The second kappa shape index (κ2) is 4.37. The van der Waals surface area contributed by atoms with Gasteiger partial charge in [-0.2, -0.15) is 5.10 Å². The van der Waals surface area contributed by atoms with E-state index in [9.17, 15) is 0 Å². The molecule has 0 amide bonds. The van der Waals surface area contributed by atoms with Crippen molar-refractivity contribution in [1.82, 2.24) is 14.8 Å². The lowest BCUT2D eigenvalue weighted by atomic mass is 10.1. The Bertz CT molecular complexity index is 254. The first-order chi connectivity index (χ1) is 6.15. The molecule has 1 heterocycles. The van der Waals surface area contributed by atoms with E-state index in [-0.39, 0.29) is 0 Å². The fraction of sp³-hybridized carbons (Fsp3) is 0.778. The van der Waals surface area contributed by atoms with E-state index >= 15 is 0 Å². The van der Waals surface area contributed by atoms with Crippen LogP contribution in [0.1, 0.15) is 32.6 Å². The zero-order valence-electron chi connectivity index (χ0n) is 8.57. The minimum absolute atomic E-state index is 0.377. The van der Waals surface area contributed by atoms with Crippen molar-refractivity contribution in [3.05, 3.63) is 12.2 Å². The molecule has 0 fully saturated rings. The lowest BCUT2D eigenvalue weighted by Gasteiger charge is -2.11. The normalized spacial score (nSPS) is 13.6. The monoisotopic (exact) mass is 182 g/mol. The van der Waals surface area contributed by atoms with Gasteiger partial charge in [0.25, 0.3) is 0 Å². The molecule has 2 N–H and O–H groups in total. The quantitative estimate of drug-likeness (QED) is 0.755. The van der Waals surface area contributed by atoms with E-state index in [4.69, 9.17) is 5.73 Å². The molecule has 13 heavy (non-hydrogen) atoms. The number of aromatic nitrogens is 3. The van der Waals surface area contributed by atoms with Crippen LogP contribution in [0.2, 0.25) is 0 Å². The molecule has 4 heteroatoms. The van der Waals surface area contributed by atoms with Crippen molar-refractivity contribution in [3.63, 3.8) is 0 Å². The molecule has 1 atom stereocenters. The van der Waals surface area contributed by atoms with Crippen LogP contribution in [0.4, 0.5) is 0 Å². The molecule has 1 unspecified atom stereocenters. The summed E-state index contributed by atoms with van der Waals surface area (Å²) in [5, 5.41) is 4.17. The molecule has 0 radical (unpaired) electrons. The Labute approximate surface area is 79.2 Å². The standard InChI is InChI=1S/C9H18N4/c1-7(2)13-9(11-6-12-13)4-8(3)5-10/h6-8H,4-5,10H2,1-3H3. The van der Waals surface area contributed by atoms with Crippen LogP contribution >= 0.6 is 0 Å². The van der Waals surface area contributed by atoms with Crippen molar-refractivity contribution >= 4 is 0 Å². The lowest BCUT2D eigenvalue weighted by Crippen LogP contribution is -2.17. The van der Waals surface area contributed by atoms with Gasteiger partial charge in [0, 0.05) is 12.5 Å². The van der Waals surface area contributed by atoms with Crippen molar-refractivity contribution in [2.24, 2.45) is 11.7 Å². The molecule has 0 aliphatic heterocycles. The first kappa shape index (κ1) is 10.2. The summed E-state index contributed by atoms with van der Waals surface area (Å²) in [5.41, 5.74) is 5.56. The minimum atomic E-state index is 0.377. The van der Waals surface area contributed by atoms with Gasteiger partial charge in [-0.25, -0.2) is 9.67 Å². The second-order valence-corrected chi connectivity index (χ2v) is 3.76. The van der Waals surface area contributed by atoms with Gasteiger partial charge in [0.15, 0.2) is 0 Å². The summed E-state index contributed by atoms with van der Waals surface area (Å²) in [7, 11) is 0. The molecule has 4 nitrogen and oxygen atoms in total. The summed E-state index contributed by atoms with van der Waals surface area (Å²) >= 11 is 0. The highest BCUT2D eigenvalue weighted by Gasteiger charge is 2.10. The third-order valence-electron chi connectivity index (χ3n) is 2.07. The van der Waals surface area contributed by atoms with Crippen LogP contribution < -0.4 is 5.73 Å². The van der Waals surface area contributed by atoms with Crippen molar-refractivity contribution in [2.75, 3.05) is 6.54 Å². The van der Waals surface area contributed by atoms with Gasteiger partial charge in [-0.05, 0) is 26.3 Å². The van der Waals surface area contributed by atoms with Gasteiger partial charge in [0.2, 0.25) is 0 Å². The third kappa shape index (κ3) is 2.52. The summed E-state index contributed by atoms with van der Waals surface area (Å²) in [6, 6.07) is 0.377. The molecule has 0 aliphatic carbocycles. The van der Waals surface area contributed by atoms with E-state index in [0.29, 0.717) is 18.5 Å². The molecule has 1 aromatic heterocycles. The van der Waals surface area contributed by atoms with Gasteiger partial charge in [-0.15, -0.1) is 0 Å². The number of hydrogen-bond donors (Lipinski definition) is 1. The van der Waals surface area contributed by atoms with E-state index in [0.717, 1.165) is 12.2 Å². The summed E-state index contributed by atoms with van der Waals surface area (Å²) in [6.45, 7) is 7.03. The predicted molar refractivity (Wildman–Crippen MR) is 52.3 cm³/mol. The van der Waals surface area contributed by atoms with Crippen LogP contribution in [0.25, 0.3) is 0 Å². The second-order valence-electron chi connectivity index (χ2n) is 3.76. The Morgan fingerprint density at radius 3 is 2.69 bits per heavy atom. The van der Waals surface area contributed by atoms with Gasteiger partial charge in [-0.1, -0.05) is 6.92 Å². The van der Waals surface area contributed by atoms with Gasteiger partial charge in [0.05, 0.1) is 0 Å². The molecule has 0 aromatic carbocycles. The van der Waals surface area contributed by atoms with Crippen molar-refractivity contribution in [2.45, 2.75) is 33.2 Å². The topological polar surface area (TPSA) is 56.7 Å². The lowest BCUT2D eigenvalue weighted by molar-refractivity contribution is 0.474. The summed E-state index contributed by atoms with van der Waals surface area (Å²) < 4.78 is 1.95. The van der Waals surface area contributed by atoms with E-state index in [1.54, 1.807) is 6.33 Å². The Balaban J connectivity index is 2.70. The van der Waals surface area contributed by atoms with E-state index < -0.39 is 0 Å². The maximum Gasteiger partial charge on any atom is 0.138 e. The van der Waals surface area contributed by atoms with Gasteiger partial charge in [0.1, 0.15) is 12.2 Å². The zero-order valence-corrected chi connectivity index (χ0v) is 8.57. The fourth-order valence-electron chi connectivity index (χ4n) is 1.25. The van der Waals surface area contributed by atoms with Crippen LogP contribution in [-0.2, 0) is 6.42 Å². The molecule has 0 spiro atoms. The summed E-state index contributed by atoms with van der Waals surface area (Å²) in [4.78, 5) is 4.22. The van der Waals surface area contributed by atoms with E-state index in [1.165, 1.54) is 0 Å². The van der Waals surface area contributed by atoms with Crippen LogP contribution in [0.5, 0.6) is 0 Å². The van der Waals surface area contributed by atoms with E-state index in [2.05, 4.69) is 30.9 Å². The highest BCUT2D eigenvalue weighted by atomic mass is 15.3. The van der Waals surface area contributed by atoms with Crippen molar-refractivity contribution < 1.29 is 0 Å². The van der Waals surface area contributed by atoms with Gasteiger partial charge < -0.3 is 5.73 Å². The number of hydrogen-bond acceptors (Lipinski definition) is 3. The molecule has 0 aliphatic rings. The Morgan fingerprint density at radius 1 is 1.46 bits per heavy atom. The first-order valence-electron chi connectivity index (χ1n) is 4.73. The van der Waals surface area contributed by atoms with Gasteiger partial charge in [-0.3, -0.25) is 0 Å². The van der Waals surface area contributed by atoms with Gasteiger partial charge >= 0.3 is 0 Å². The number of nitrogens with zero attached hydrogens (tertiary/aromatic N) is 3. The maximum absolute atomic E-state index is 5.56. The SMILES string of the molecule is CC(CN)Cc1ncnn1C(C)C. The molecule has 0 saturated heterocycles. The molecule has 74 valence electrons. The smallest absolute Gasteiger partial charge is 0.138 e. The maximum atomic E-state index is 5.56. The Kier molecular flexibility index (Phi) is 3.42. The third-order valence-corrected chi connectivity index (χ3v) is 2.07. The van der Waals surface area contributed by atoms with Crippen LogP contribution in [-0.4, -0.2) is 21.3 Å². The van der Waals surface area contributed by atoms with Crippen molar-refractivity contribution in [3.8, 4) is 0 Å². The number of nitrogens with two attached hydrogens (primary N) is 1. The van der Waals surface area contributed by atoms with Crippen LogP contribution in [0.3, 0.4) is 0 Å². The summed E-state index contributed by atoms with van der Waals surface area (Å²) in [5.74, 6) is 1.51.